The van der Waals surface area contributed by atoms with E-state index in [1.807, 2.05) is 12.3 Å². The van der Waals surface area contributed by atoms with Gasteiger partial charge >= 0.3 is 0 Å². The van der Waals surface area contributed by atoms with E-state index in [9.17, 15) is 9.18 Å². The lowest BCUT2D eigenvalue weighted by molar-refractivity contribution is 0.112. The summed E-state index contributed by atoms with van der Waals surface area (Å²) < 4.78 is 20.1. The maximum absolute atomic E-state index is 13.1. The first-order valence-electron chi connectivity index (χ1n) is 5.14. The van der Waals surface area contributed by atoms with E-state index in [-0.39, 0.29) is 5.56 Å². The molecule has 0 amide bonds. The Morgan fingerprint density at radius 1 is 1.41 bits per heavy atom. The first-order chi connectivity index (χ1) is 8.28. The third-order valence-electron chi connectivity index (χ3n) is 2.18. The van der Waals surface area contributed by atoms with Crippen molar-refractivity contribution in [2.24, 2.45) is 0 Å². The molecule has 2 rings (SSSR count). The zero-order valence-electron chi connectivity index (χ0n) is 9.04. The summed E-state index contributed by atoms with van der Waals surface area (Å²) in [7, 11) is 0. The highest BCUT2D eigenvalue weighted by Gasteiger charge is 2.01. The molecule has 0 saturated carbocycles. The van der Waals surface area contributed by atoms with Crippen LogP contribution in [0.4, 0.5) is 4.39 Å². The molecule has 5 heteroatoms. The van der Waals surface area contributed by atoms with Gasteiger partial charge < -0.3 is 4.74 Å². The van der Waals surface area contributed by atoms with Gasteiger partial charge in [0.2, 0.25) is 0 Å². The van der Waals surface area contributed by atoms with E-state index in [0.29, 0.717) is 25.2 Å². The minimum atomic E-state index is -0.483. The van der Waals surface area contributed by atoms with E-state index in [1.165, 1.54) is 12.1 Å². The average Bonchev–Trinajstić information content (AvgIpc) is 2.81. The zero-order valence-corrected chi connectivity index (χ0v) is 9.04. The summed E-state index contributed by atoms with van der Waals surface area (Å²) in [4.78, 5) is 10.5. The summed E-state index contributed by atoms with van der Waals surface area (Å²) in [5.74, 6) is -0.136. The van der Waals surface area contributed by atoms with Crippen LogP contribution in [0.5, 0.6) is 5.75 Å². The monoisotopic (exact) mass is 234 g/mol. The SMILES string of the molecule is O=Cc1cc(F)cc(OCCn2cccn2)c1. The van der Waals surface area contributed by atoms with E-state index >= 15 is 0 Å². The van der Waals surface area contributed by atoms with E-state index in [4.69, 9.17) is 4.74 Å². The number of halogens is 1. The lowest BCUT2D eigenvalue weighted by atomic mass is 10.2. The lowest BCUT2D eigenvalue weighted by Crippen LogP contribution is -2.08. The van der Waals surface area contributed by atoms with Crippen molar-refractivity contribution in [1.29, 1.82) is 0 Å². The number of aromatic nitrogens is 2. The molecule has 0 radical (unpaired) electrons. The van der Waals surface area contributed by atoms with E-state index in [1.54, 1.807) is 10.9 Å². The Labute approximate surface area is 97.6 Å². The standard InChI is InChI=1S/C12H11FN2O2/c13-11-6-10(9-16)7-12(8-11)17-5-4-15-3-1-2-14-15/h1-3,6-9H,4-5H2. The first kappa shape index (κ1) is 11.3. The molecular formula is C12H11FN2O2. The molecule has 0 bridgehead atoms. The Morgan fingerprint density at radius 3 is 3.00 bits per heavy atom. The summed E-state index contributed by atoms with van der Waals surface area (Å²) in [5.41, 5.74) is 0.263. The molecule has 0 spiro atoms. The van der Waals surface area contributed by atoms with Crippen LogP contribution >= 0.6 is 0 Å². The molecule has 1 heterocycles. The first-order valence-corrected chi connectivity index (χ1v) is 5.14. The maximum atomic E-state index is 13.1. The maximum Gasteiger partial charge on any atom is 0.150 e. The minimum Gasteiger partial charge on any atom is -0.492 e. The van der Waals surface area contributed by atoms with Gasteiger partial charge in [0.25, 0.3) is 0 Å². The third kappa shape index (κ3) is 3.14. The van der Waals surface area contributed by atoms with Crippen LogP contribution in [0.3, 0.4) is 0 Å². The topological polar surface area (TPSA) is 44.1 Å². The Hall–Kier alpha value is -2.17. The van der Waals surface area contributed by atoms with Gasteiger partial charge in [-0.05, 0) is 18.2 Å². The van der Waals surface area contributed by atoms with Gasteiger partial charge in [0, 0.05) is 24.0 Å². The van der Waals surface area contributed by atoms with Gasteiger partial charge in [-0.3, -0.25) is 9.48 Å². The quantitative estimate of drug-likeness (QED) is 0.742. The van der Waals surface area contributed by atoms with Gasteiger partial charge in [0.1, 0.15) is 24.5 Å². The fourth-order valence-corrected chi connectivity index (χ4v) is 1.43. The van der Waals surface area contributed by atoms with Crippen molar-refractivity contribution < 1.29 is 13.9 Å². The fraction of sp³-hybridized carbons (Fsp3) is 0.167. The summed E-state index contributed by atoms with van der Waals surface area (Å²) in [6.45, 7) is 0.934. The predicted molar refractivity (Wildman–Crippen MR) is 59.5 cm³/mol. The van der Waals surface area contributed by atoms with Crippen LogP contribution < -0.4 is 4.74 Å². The van der Waals surface area contributed by atoms with Crippen LogP contribution in [0.2, 0.25) is 0 Å². The van der Waals surface area contributed by atoms with Crippen LogP contribution in [0.1, 0.15) is 10.4 Å². The molecule has 0 atom stereocenters. The molecule has 17 heavy (non-hydrogen) atoms. The fourth-order valence-electron chi connectivity index (χ4n) is 1.43. The van der Waals surface area contributed by atoms with Crippen LogP contribution in [0.15, 0.2) is 36.7 Å². The van der Waals surface area contributed by atoms with Gasteiger partial charge in [-0.15, -0.1) is 0 Å². The van der Waals surface area contributed by atoms with Gasteiger partial charge in [-0.2, -0.15) is 5.10 Å². The van der Waals surface area contributed by atoms with E-state index < -0.39 is 5.82 Å². The highest BCUT2D eigenvalue weighted by Crippen LogP contribution is 2.15. The second kappa shape index (κ2) is 5.25. The Morgan fingerprint density at radius 2 is 2.29 bits per heavy atom. The summed E-state index contributed by atoms with van der Waals surface area (Å²) in [6, 6.07) is 5.72. The van der Waals surface area contributed by atoms with E-state index in [2.05, 4.69) is 5.10 Å². The Balaban J connectivity index is 1.94. The molecule has 0 saturated heterocycles. The summed E-state index contributed by atoms with van der Waals surface area (Å²) >= 11 is 0. The number of aldehydes is 1. The number of carbonyl (C=O) groups excluding carboxylic acids is 1. The zero-order chi connectivity index (χ0) is 12.1. The Bertz CT molecular complexity index is 497. The summed E-state index contributed by atoms with van der Waals surface area (Å²) in [6.07, 6.45) is 4.07. The molecule has 1 aromatic heterocycles. The van der Waals surface area contributed by atoms with Gasteiger partial charge in [-0.25, -0.2) is 4.39 Å². The van der Waals surface area contributed by atoms with Crippen molar-refractivity contribution in [2.75, 3.05) is 6.61 Å². The van der Waals surface area contributed by atoms with Crippen molar-refractivity contribution in [3.63, 3.8) is 0 Å². The molecule has 4 nitrogen and oxygen atoms in total. The smallest absolute Gasteiger partial charge is 0.150 e. The van der Waals surface area contributed by atoms with Crippen LogP contribution in [0, 0.1) is 5.82 Å². The number of nitrogens with zero attached hydrogens (tertiary/aromatic N) is 2. The molecule has 0 unspecified atom stereocenters. The van der Waals surface area contributed by atoms with Gasteiger partial charge in [0.15, 0.2) is 0 Å². The molecule has 0 aliphatic heterocycles. The molecule has 0 N–H and O–H groups in total. The largest absolute Gasteiger partial charge is 0.492 e. The van der Waals surface area contributed by atoms with Crippen molar-refractivity contribution in [3.05, 3.63) is 48.0 Å². The van der Waals surface area contributed by atoms with Crippen LogP contribution in [-0.2, 0) is 6.54 Å². The predicted octanol–water partition coefficient (Wildman–Crippen LogP) is 1.91. The second-order valence-corrected chi connectivity index (χ2v) is 3.46. The van der Waals surface area contributed by atoms with Gasteiger partial charge in [0.05, 0.1) is 6.54 Å². The highest BCUT2D eigenvalue weighted by atomic mass is 19.1. The highest BCUT2D eigenvalue weighted by molar-refractivity contribution is 5.75. The Kier molecular flexibility index (Phi) is 3.49. The molecule has 88 valence electrons. The number of ether oxygens (including phenoxy) is 1. The number of benzene rings is 1. The average molecular weight is 234 g/mol. The third-order valence-corrected chi connectivity index (χ3v) is 2.18. The molecule has 0 aliphatic carbocycles. The number of hydrogen-bond acceptors (Lipinski definition) is 3. The molecule has 0 fully saturated rings. The molecule has 0 aliphatic rings. The molecule has 2 aromatic rings. The van der Waals surface area contributed by atoms with Crippen molar-refractivity contribution in [1.82, 2.24) is 9.78 Å². The van der Waals surface area contributed by atoms with Gasteiger partial charge in [-0.1, -0.05) is 0 Å². The van der Waals surface area contributed by atoms with Crippen molar-refractivity contribution >= 4 is 6.29 Å². The molecule has 1 aromatic carbocycles. The van der Waals surface area contributed by atoms with E-state index in [0.717, 1.165) is 6.07 Å². The number of rotatable bonds is 5. The normalized spacial score (nSPS) is 10.2. The summed E-state index contributed by atoms with van der Waals surface area (Å²) in [5, 5.41) is 4.01. The lowest BCUT2D eigenvalue weighted by Gasteiger charge is -2.07. The van der Waals surface area contributed by atoms with Crippen molar-refractivity contribution in [3.8, 4) is 5.75 Å². The van der Waals surface area contributed by atoms with Crippen molar-refractivity contribution in [2.45, 2.75) is 6.54 Å². The second-order valence-electron chi connectivity index (χ2n) is 3.46. The molecular weight excluding hydrogens is 223 g/mol. The minimum absolute atomic E-state index is 0.263. The number of carbonyl (C=O) groups is 1. The van der Waals surface area contributed by atoms with Crippen LogP contribution in [0.25, 0.3) is 0 Å². The number of hydrogen-bond donors (Lipinski definition) is 0. The van der Waals surface area contributed by atoms with Crippen LogP contribution in [-0.4, -0.2) is 22.7 Å².